The number of benzene rings is 2. The lowest BCUT2D eigenvalue weighted by Crippen LogP contribution is -2.45. The van der Waals surface area contributed by atoms with Gasteiger partial charge in [-0.3, -0.25) is 24.0 Å². The highest BCUT2D eigenvalue weighted by molar-refractivity contribution is 14.1. The van der Waals surface area contributed by atoms with Gasteiger partial charge in [0.1, 0.15) is 31.8 Å². The number of imide groups is 2. The fraction of sp³-hybridized carbons (Fsp3) is 0.438. The number of hydrogen-bond acceptors (Lipinski definition) is 14. The predicted molar refractivity (Wildman–Crippen MR) is 330 cm³/mol. The third kappa shape index (κ3) is 37.4. The topological polar surface area (TPSA) is 220 Å². The highest BCUT2D eigenvalue weighted by atomic mass is 127. The maximum absolute atomic E-state index is 12.9. The molecule has 0 bridgehead atoms. The molecule has 2 aromatic carbocycles. The van der Waals surface area contributed by atoms with Gasteiger partial charge in [-0.15, -0.1) is 26.3 Å². The van der Waals surface area contributed by atoms with Crippen LogP contribution in [-0.2, 0) is 60.6 Å². The first kappa shape index (κ1) is 90.2. The number of nitrogens with zero attached hydrogens (tertiary/aromatic N) is 2. The lowest BCUT2D eigenvalue weighted by atomic mass is 10.0. The Bertz CT molecular complexity index is 2960. The van der Waals surface area contributed by atoms with E-state index in [-0.39, 0.29) is 51.0 Å². The van der Waals surface area contributed by atoms with Gasteiger partial charge in [-0.25, -0.2) is 24.2 Å². The number of hydrogen-bond donors (Lipinski definition) is 2. The summed E-state index contributed by atoms with van der Waals surface area (Å²) in [5.41, 5.74) is -1.21. The molecule has 0 aliphatic carbocycles. The molecule has 4 atom stereocenters. The molecule has 2 N–H and O–H groups in total. The van der Waals surface area contributed by atoms with Crippen LogP contribution in [0.3, 0.4) is 0 Å². The largest absolute Gasteiger partial charge is 0.466 e. The zero-order chi connectivity index (χ0) is 74.2. The third-order valence-electron chi connectivity index (χ3n) is 12.0. The van der Waals surface area contributed by atoms with Crippen LogP contribution in [0.4, 0.5) is 75.4 Å². The van der Waals surface area contributed by atoms with E-state index in [1.807, 2.05) is 71.1 Å². The molecule has 4 rings (SSSR count). The Hall–Kier alpha value is -7.88. The molecule has 0 radical (unpaired) electrons. The quantitative estimate of drug-likeness (QED) is 0.0138. The highest BCUT2D eigenvalue weighted by Crippen LogP contribution is 2.32. The number of aliphatic hydroxyl groups is 2. The normalized spacial score (nSPS) is 15.8. The zero-order valence-electron chi connectivity index (χ0n) is 52.4. The fourth-order valence-electron chi connectivity index (χ4n) is 7.36. The van der Waals surface area contributed by atoms with Gasteiger partial charge in [0.05, 0.1) is 25.3 Å². The summed E-state index contributed by atoms with van der Waals surface area (Å²) in [4.78, 5) is 91.2. The van der Waals surface area contributed by atoms with Crippen molar-refractivity contribution >= 4 is 70.1 Å². The summed E-state index contributed by atoms with van der Waals surface area (Å²) < 4.78 is 201. The van der Waals surface area contributed by atoms with Gasteiger partial charge in [0, 0.05) is 45.6 Å². The molecular formula is C64H74F15IN2O14. The van der Waals surface area contributed by atoms with E-state index >= 15 is 0 Å². The number of rotatable bonds is 25. The van der Waals surface area contributed by atoms with Crippen molar-refractivity contribution in [3.63, 3.8) is 0 Å². The van der Waals surface area contributed by atoms with Crippen LogP contribution < -0.4 is 0 Å². The molecule has 2 fully saturated rings. The van der Waals surface area contributed by atoms with Gasteiger partial charge < -0.3 is 29.2 Å². The predicted octanol–water partition coefficient (Wildman–Crippen LogP) is 14.9. The number of carbonyl (C=O) groups excluding carboxylic acids is 8. The first-order valence-corrected chi connectivity index (χ1v) is 30.0. The second-order valence-electron chi connectivity index (χ2n) is 19.4. The van der Waals surface area contributed by atoms with Gasteiger partial charge in [-0.2, -0.15) is 65.9 Å². The molecule has 536 valence electrons. The van der Waals surface area contributed by atoms with Gasteiger partial charge in [-0.1, -0.05) is 133 Å². The molecule has 2 aromatic rings. The molecule has 2 aliphatic rings. The van der Waals surface area contributed by atoms with E-state index in [0.717, 1.165) is 53.3 Å². The Morgan fingerprint density at radius 3 is 1.27 bits per heavy atom. The molecule has 16 nitrogen and oxygen atoms in total. The van der Waals surface area contributed by atoms with E-state index in [2.05, 4.69) is 35.8 Å². The van der Waals surface area contributed by atoms with Crippen LogP contribution in [0.2, 0.25) is 0 Å². The van der Waals surface area contributed by atoms with E-state index in [9.17, 15) is 109 Å². The summed E-state index contributed by atoms with van der Waals surface area (Å²) in [6.45, 7) is 19.0. The summed E-state index contributed by atoms with van der Waals surface area (Å²) in [6, 6.07) is 18.1. The van der Waals surface area contributed by atoms with Gasteiger partial charge in [0.2, 0.25) is 11.7 Å². The molecule has 2 saturated heterocycles. The number of allylic oxidation sites excluding steroid dienone is 9. The molecule has 2 heterocycles. The second kappa shape index (κ2) is 45.5. The summed E-state index contributed by atoms with van der Waals surface area (Å²) in [6.07, 6.45) is -21.6. The van der Waals surface area contributed by atoms with Gasteiger partial charge in [-0.05, 0) is 76.8 Å². The minimum atomic E-state index is -4.95. The number of esters is 2. The molecule has 32 heteroatoms. The van der Waals surface area contributed by atoms with Crippen molar-refractivity contribution in [2.75, 3.05) is 30.9 Å². The maximum atomic E-state index is 12.9. The van der Waals surface area contributed by atoms with E-state index in [4.69, 9.17) is 14.6 Å². The van der Waals surface area contributed by atoms with Crippen molar-refractivity contribution in [2.45, 2.75) is 147 Å². The Morgan fingerprint density at radius 1 is 0.562 bits per heavy atom. The van der Waals surface area contributed by atoms with Gasteiger partial charge in [0.25, 0.3) is 5.91 Å². The molecular weight excluding hydrogens is 1430 g/mol. The number of alkyl halides is 16. The molecule has 0 aromatic heterocycles. The summed E-state index contributed by atoms with van der Waals surface area (Å²) in [5.74, 6) is -5.92. The first-order valence-electron chi connectivity index (χ1n) is 28.5. The summed E-state index contributed by atoms with van der Waals surface area (Å²) in [5, 5.41) is 19.0. The minimum Gasteiger partial charge on any atom is -0.466 e. The average Bonchev–Trinajstić information content (AvgIpc) is 1.68. The lowest BCUT2D eigenvalue weighted by Gasteiger charge is -2.22. The molecule has 0 saturated carbocycles. The number of amides is 4. The smallest absolute Gasteiger partial charge is 0.450 e. The Balaban J connectivity index is 0. The zero-order valence-corrected chi connectivity index (χ0v) is 54.5. The van der Waals surface area contributed by atoms with Crippen molar-refractivity contribution in [2.24, 2.45) is 0 Å². The second-order valence-corrected chi connectivity index (χ2v) is 20.3. The monoisotopic (exact) mass is 1510 g/mol. The standard InChI is InChI=1S/C19H20F3NO4.C13H15NO3.C10H13F3O2.C9H11F3O2.C7H8F3I.C6H7F3O3/c1-2-6-14(19(20,21)22)9-10-16(24)17(25)23-15(12-27-18(23)26)11-13-7-4-3-5-8-13;1-2-12(15)14-11(9-17-13(14)16)8-10-6-4-3-5-7-10;1-3-4-8(10(11,12)13)5-6-9(15)7(2)14;1-3-5-7(9(10,11)12)6-8(13)14-4-2;1-2-3-6(4-5-11)7(8,9)10;1-2-12-5(11)3-4(10)6(7,8)9/h2-5,7-9,15-16,24H,1,6,10-12H2;3-7,11H,2,8-9H2,1H3;3,5,9,15H,1,4,6H2,2H3;3,6H,1,4-5H2,2H3;2,4H,1,3,5H2;2-3H2,1H3/b14-9+;;8-5+;7-6+;6-4+;/t15?,16-;;9-;;;/m0.0.../s1. The average molecular weight is 1510 g/mol. The number of Topliss-reactive ketones (excluding diaryl/α,β-unsaturated/α-hetero) is 2. The maximum Gasteiger partial charge on any atom is 0.450 e. The fourth-order valence-corrected chi connectivity index (χ4v) is 7.89. The Morgan fingerprint density at radius 2 is 0.927 bits per heavy atom. The van der Waals surface area contributed by atoms with Crippen LogP contribution >= 0.6 is 22.6 Å². The number of aliphatic hydroxyl groups excluding tert-OH is 2. The molecule has 2 aliphatic heterocycles. The van der Waals surface area contributed by atoms with Gasteiger partial charge >= 0.3 is 55.0 Å². The summed E-state index contributed by atoms with van der Waals surface area (Å²) >= 11 is 1.87. The molecule has 4 amide bonds. The number of halogens is 16. The Labute approximate surface area is 558 Å². The van der Waals surface area contributed by atoms with E-state index in [0.29, 0.717) is 36.4 Å². The minimum absolute atomic E-state index is 0.0354. The van der Waals surface area contributed by atoms with Crippen LogP contribution in [0.15, 0.2) is 158 Å². The SMILES string of the molecule is C=CC/C(=C\C(=O)OCC)C(F)(F)F.C=CC/C(=C\CI)C(F)(F)F.C=CC/C(=C\C[C@H](O)C(=O)N1C(=O)OCC1Cc1ccccc1)C(F)(F)F.C=CC/C(=C\C[C@H](O)C(C)=O)C(F)(F)F.CCC(=O)N1C(=O)OCC1Cc1ccccc1.CCOC(=O)CC(=O)C(F)(F)F. The van der Waals surface area contributed by atoms with E-state index < -0.39 is 139 Å². The Kier molecular flexibility index (Phi) is 42.8. The van der Waals surface area contributed by atoms with Crippen molar-refractivity contribution in [3.8, 4) is 0 Å². The van der Waals surface area contributed by atoms with Crippen molar-refractivity contribution in [1.82, 2.24) is 9.80 Å². The highest BCUT2D eigenvalue weighted by Gasteiger charge is 2.42. The van der Waals surface area contributed by atoms with Crippen molar-refractivity contribution < 1.29 is 133 Å². The van der Waals surface area contributed by atoms with Crippen LogP contribution in [0.5, 0.6) is 0 Å². The third-order valence-corrected chi connectivity index (χ3v) is 12.5. The number of ketones is 2. The van der Waals surface area contributed by atoms with Crippen molar-refractivity contribution in [1.29, 1.82) is 0 Å². The number of cyclic esters (lactones) is 2. The molecule has 96 heavy (non-hydrogen) atoms. The number of ether oxygens (including phenoxy) is 4. The van der Waals surface area contributed by atoms with Crippen LogP contribution in [0.1, 0.15) is 90.2 Å². The van der Waals surface area contributed by atoms with E-state index in [1.165, 1.54) is 30.9 Å². The number of carbonyl (C=O) groups is 8. The van der Waals surface area contributed by atoms with Gasteiger partial charge in [0.15, 0.2) is 5.78 Å². The van der Waals surface area contributed by atoms with Crippen LogP contribution in [0, 0.1) is 0 Å². The van der Waals surface area contributed by atoms with Crippen molar-refractivity contribution in [3.05, 3.63) is 169 Å². The molecule has 2 unspecified atom stereocenters. The molecule has 0 spiro atoms. The first-order chi connectivity index (χ1) is 44.5. The van der Waals surface area contributed by atoms with E-state index in [1.54, 1.807) is 19.1 Å². The van der Waals surface area contributed by atoms with Crippen LogP contribution in [-0.4, -0.2) is 154 Å². The van der Waals surface area contributed by atoms with Crippen LogP contribution in [0.25, 0.3) is 0 Å². The lowest BCUT2D eigenvalue weighted by molar-refractivity contribution is -0.174. The summed E-state index contributed by atoms with van der Waals surface area (Å²) in [7, 11) is 0.